The number of thiazole rings is 1. The van der Waals surface area contributed by atoms with Crippen LogP contribution in [0.1, 0.15) is 41.4 Å². The van der Waals surface area contributed by atoms with Gasteiger partial charge in [-0.15, -0.1) is 0 Å². The second kappa shape index (κ2) is 8.45. The molecule has 0 spiro atoms. The standard InChI is InChI=1S/C20H19ClN2O2S/c1-2-14(13-8-4-3-5-9-13)19(25)23-20-22-12-17(26-20)18(24)15-10-6-7-11-16(15)21/h3-12,14,18,24H,2H2,1H3,(H,22,23,25). The van der Waals surface area contributed by atoms with Crippen LogP contribution in [0.15, 0.2) is 60.8 Å². The summed E-state index contributed by atoms with van der Waals surface area (Å²) in [5.41, 5.74) is 1.59. The molecule has 1 heterocycles. The van der Waals surface area contributed by atoms with Crippen LogP contribution in [0.4, 0.5) is 5.13 Å². The third-order valence-corrected chi connectivity index (χ3v) is 5.46. The molecule has 3 rings (SSSR count). The van der Waals surface area contributed by atoms with Crippen LogP contribution in [0.25, 0.3) is 0 Å². The summed E-state index contributed by atoms with van der Waals surface area (Å²) in [5.74, 6) is -0.344. The van der Waals surface area contributed by atoms with E-state index in [-0.39, 0.29) is 11.8 Å². The molecule has 0 aliphatic carbocycles. The minimum Gasteiger partial charge on any atom is -0.383 e. The Hall–Kier alpha value is -2.21. The summed E-state index contributed by atoms with van der Waals surface area (Å²) in [7, 11) is 0. The van der Waals surface area contributed by atoms with E-state index < -0.39 is 6.10 Å². The van der Waals surface area contributed by atoms with E-state index in [4.69, 9.17) is 11.6 Å². The molecule has 0 fully saturated rings. The van der Waals surface area contributed by atoms with Gasteiger partial charge < -0.3 is 10.4 Å². The lowest BCUT2D eigenvalue weighted by Crippen LogP contribution is -2.20. The summed E-state index contributed by atoms with van der Waals surface area (Å²) in [6.07, 6.45) is 1.39. The highest BCUT2D eigenvalue weighted by Crippen LogP contribution is 2.33. The topological polar surface area (TPSA) is 62.2 Å². The number of hydrogen-bond acceptors (Lipinski definition) is 4. The summed E-state index contributed by atoms with van der Waals surface area (Å²) in [6, 6.07) is 16.8. The van der Waals surface area contributed by atoms with Gasteiger partial charge in [0.05, 0.1) is 10.8 Å². The van der Waals surface area contributed by atoms with Crippen molar-refractivity contribution in [2.24, 2.45) is 0 Å². The third-order valence-electron chi connectivity index (χ3n) is 4.15. The molecule has 2 aromatic carbocycles. The van der Waals surface area contributed by atoms with Gasteiger partial charge in [-0.1, -0.05) is 78.4 Å². The van der Waals surface area contributed by atoms with Crippen molar-refractivity contribution in [2.75, 3.05) is 5.32 Å². The van der Waals surface area contributed by atoms with Gasteiger partial charge in [-0.25, -0.2) is 4.98 Å². The fourth-order valence-electron chi connectivity index (χ4n) is 2.77. The molecule has 134 valence electrons. The highest BCUT2D eigenvalue weighted by Gasteiger charge is 2.21. The molecule has 2 N–H and O–H groups in total. The molecule has 0 aliphatic heterocycles. The predicted octanol–water partition coefficient (Wildman–Crippen LogP) is 5.01. The first kappa shape index (κ1) is 18.6. The summed E-state index contributed by atoms with van der Waals surface area (Å²) in [5, 5.41) is 14.3. The third kappa shape index (κ3) is 4.12. The van der Waals surface area contributed by atoms with E-state index in [0.29, 0.717) is 27.0 Å². The van der Waals surface area contributed by atoms with E-state index in [9.17, 15) is 9.90 Å². The van der Waals surface area contributed by atoms with Gasteiger partial charge in [0.25, 0.3) is 0 Å². The van der Waals surface area contributed by atoms with Crippen molar-refractivity contribution in [3.63, 3.8) is 0 Å². The number of nitrogens with zero attached hydrogens (tertiary/aromatic N) is 1. The van der Waals surface area contributed by atoms with Gasteiger partial charge in [0, 0.05) is 16.8 Å². The summed E-state index contributed by atoms with van der Waals surface area (Å²) in [4.78, 5) is 17.5. The zero-order valence-corrected chi connectivity index (χ0v) is 15.8. The number of carbonyl (C=O) groups is 1. The Labute approximate surface area is 161 Å². The smallest absolute Gasteiger partial charge is 0.233 e. The van der Waals surface area contributed by atoms with E-state index in [1.165, 1.54) is 11.3 Å². The predicted molar refractivity (Wildman–Crippen MR) is 106 cm³/mol. The summed E-state index contributed by atoms with van der Waals surface area (Å²) < 4.78 is 0. The van der Waals surface area contributed by atoms with Crippen molar-refractivity contribution in [3.05, 3.63) is 81.8 Å². The average molecular weight is 387 g/mol. The SMILES string of the molecule is CCC(C(=O)Nc1ncc(C(O)c2ccccc2Cl)s1)c1ccccc1. The van der Waals surface area contributed by atoms with Crippen LogP contribution in [0, 0.1) is 0 Å². The largest absolute Gasteiger partial charge is 0.383 e. The number of rotatable bonds is 6. The molecule has 26 heavy (non-hydrogen) atoms. The quantitative estimate of drug-likeness (QED) is 0.625. The van der Waals surface area contributed by atoms with Crippen LogP contribution in [0.3, 0.4) is 0 Å². The number of nitrogens with one attached hydrogen (secondary N) is 1. The molecule has 1 aromatic heterocycles. The summed E-state index contributed by atoms with van der Waals surface area (Å²) >= 11 is 7.39. The molecule has 0 aliphatic rings. The first-order valence-corrected chi connectivity index (χ1v) is 9.53. The molecule has 3 aromatic rings. The molecule has 0 saturated carbocycles. The van der Waals surface area contributed by atoms with Gasteiger partial charge in [0.15, 0.2) is 5.13 Å². The highest BCUT2D eigenvalue weighted by atomic mass is 35.5. The molecule has 6 heteroatoms. The number of benzene rings is 2. The maximum atomic E-state index is 12.6. The number of anilines is 1. The van der Waals surface area contributed by atoms with Gasteiger partial charge in [0.2, 0.25) is 5.91 Å². The maximum absolute atomic E-state index is 12.6. The molecular weight excluding hydrogens is 368 g/mol. The summed E-state index contributed by atoms with van der Waals surface area (Å²) in [6.45, 7) is 1.98. The monoisotopic (exact) mass is 386 g/mol. The Morgan fingerprint density at radius 3 is 2.58 bits per heavy atom. The van der Waals surface area contributed by atoms with Crippen LogP contribution >= 0.6 is 22.9 Å². The lowest BCUT2D eigenvalue weighted by atomic mass is 9.96. The van der Waals surface area contributed by atoms with Gasteiger partial charge in [-0.05, 0) is 18.1 Å². The van der Waals surface area contributed by atoms with Crippen LogP contribution in [-0.4, -0.2) is 16.0 Å². The second-order valence-corrected chi connectivity index (χ2v) is 7.32. The molecule has 0 radical (unpaired) electrons. The van der Waals surface area contributed by atoms with Gasteiger partial charge in [0.1, 0.15) is 6.10 Å². The molecule has 4 nitrogen and oxygen atoms in total. The zero-order valence-electron chi connectivity index (χ0n) is 14.2. The highest BCUT2D eigenvalue weighted by molar-refractivity contribution is 7.15. The maximum Gasteiger partial charge on any atom is 0.233 e. The van der Waals surface area contributed by atoms with Gasteiger partial charge >= 0.3 is 0 Å². The number of aromatic nitrogens is 1. The minimum absolute atomic E-state index is 0.105. The number of aliphatic hydroxyl groups is 1. The number of hydrogen-bond donors (Lipinski definition) is 2. The van der Waals surface area contributed by atoms with Crippen molar-refractivity contribution in [2.45, 2.75) is 25.4 Å². The molecule has 2 unspecified atom stereocenters. The fraction of sp³-hybridized carbons (Fsp3) is 0.200. The van der Waals surface area contributed by atoms with E-state index >= 15 is 0 Å². The molecule has 2 atom stereocenters. The number of amides is 1. The Bertz CT molecular complexity index is 882. The molecule has 0 saturated heterocycles. The second-order valence-electron chi connectivity index (χ2n) is 5.85. The first-order valence-electron chi connectivity index (χ1n) is 8.34. The van der Waals surface area contributed by atoms with Crippen molar-refractivity contribution < 1.29 is 9.90 Å². The van der Waals surface area contributed by atoms with Gasteiger partial charge in [-0.2, -0.15) is 0 Å². The molecule has 0 bridgehead atoms. The van der Waals surface area contributed by atoms with Crippen molar-refractivity contribution >= 4 is 34.0 Å². The zero-order chi connectivity index (χ0) is 18.5. The molecule has 1 amide bonds. The normalized spacial score (nSPS) is 13.2. The fourth-order valence-corrected chi connectivity index (χ4v) is 3.83. The number of halogens is 1. The minimum atomic E-state index is -0.872. The van der Waals surface area contributed by atoms with Gasteiger partial charge in [-0.3, -0.25) is 4.79 Å². The molecular formula is C20H19ClN2O2S. The van der Waals surface area contributed by atoms with Crippen LogP contribution < -0.4 is 5.32 Å². The Morgan fingerprint density at radius 1 is 1.19 bits per heavy atom. The number of aliphatic hydroxyl groups excluding tert-OH is 1. The Balaban J connectivity index is 1.74. The van der Waals surface area contributed by atoms with Crippen molar-refractivity contribution in [3.8, 4) is 0 Å². The van der Waals surface area contributed by atoms with E-state index in [0.717, 1.165) is 5.56 Å². The van der Waals surface area contributed by atoms with E-state index in [2.05, 4.69) is 10.3 Å². The number of carbonyl (C=O) groups excluding carboxylic acids is 1. The van der Waals surface area contributed by atoms with Crippen LogP contribution in [-0.2, 0) is 4.79 Å². The van der Waals surface area contributed by atoms with Crippen LogP contribution in [0.2, 0.25) is 5.02 Å². The first-order chi connectivity index (χ1) is 12.6. The van der Waals surface area contributed by atoms with Crippen molar-refractivity contribution in [1.29, 1.82) is 0 Å². The average Bonchev–Trinajstić information content (AvgIpc) is 3.11. The lowest BCUT2D eigenvalue weighted by Gasteiger charge is -2.14. The van der Waals surface area contributed by atoms with Crippen molar-refractivity contribution in [1.82, 2.24) is 4.98 Å². The lowest BCUT2D eigenvalue weighted by molar-refractivity contribution is -0.117. The van der Waals surface area contributed by atoms with E-state index in [1.807, 2.05) is 49.4 Å². The Morgan fingerprint density at radius 2 is 1.88 bits per heavy atom. The van der Waals surface area contributed by atoms with E-state index in [1.54, 1.807) is 18.3 Å². The Kier molecular flexibility index (Phi) is 6.04. The van der Waals surface area contributed by atoms with Crippen LogP contribution in [0.5, 0.6) is 0 Å².